The maximum Gasteiger partial charge on any atom is 0.220 e. The average Bonchev–Trinajstić information content (AvgIpc) is 2.27. The van der Waals surface area contributed by atoms with Crippen molar-refractivity contribution in [2.75, 3.05) is 13.1 Å². The van der Waals surface area contributed by atoms with E-state index < -0.39 is 0 Å². The molecule has 0 spiro atoms. The van der Waals surface area contributed by atoms with Gasteiger partial charge < -0.3 is 11.1 Å². The van der Waals surface area contributed by atoms with E-state index in [1.807, 2.05) is 6.07 Å². The number of carbonyl (C=O) groups is 1. The fourth-order valence-electron chi connectivity index (χ4n) is 1.54. The molecular formula is C13H20N2O. The minimum Gasteiger partial charge on any atom is -0.356 e. The van der Waals surface area contributed by atoms with Gasteiger partial charge in [-0.25, -0.2) is 0 Å². The molecule has 3 N–H and O–H groups in total. The third-order valence-electron chi connectivity index (χ3n) is 2.43. The van der Waals surface area contributed by atoms with E-state index in [1.165, 1.54) is 11.1 Å². The second kappa shape index (κ2) is 7.01. The molecule has 3 nitrogen and oxygen atoms in total. The van der Waals surface area contributed by atoms with Crippen molar-refractivity contribution in [1.82, 2.24) is 5.32 Å². The highest BCUT2D eigenvalue weighted by atomic mass is 16.1. The van der Waals surface area contributed by atoms with E-state index in [1.54, 1.807) is 0 Å². The minimum absolute atomic E-state index is 0.106. The van der Waals surface area contributed by atoms with Gasteiger partial charge in [-0.2, -0.15) is 0 Å². The molecule has 1 aromatic rings. The summed E-state index contributed by atoms with van der Waals surface area (Å²) in [4.78, 5) is 11.4. The topological polar surface area (TPSA) is 55.1 Å². The molecule has 0 unspecified atom stereocenters. The van der Waals surface area contributed by atoms with E-state index >= 15 is 0 Å². The fourth-order valence-corrected chi connectivity index (χ4v) is 1.54. The summed E-state index contributed by atoms with van der Waals surface area (Å²) in [6, 6.07) is 8.26. The zero-order valence-electron chi connectivity index (χ0n) is 9.83. The zero-order chi connectivity index (χ0) is 11.8. The van der Waals surface area contributed by atoms with Crippen molar-refractivity contribution in [3.8, 4) is 0 Å². The molecule has 0 heterocycles. The van der Waals surface area contributed by atoms with Crippen LogP contribution < -0.4 is 11.1 Å². The van der Waals surface area contributed by atoms with Crippen LogP contribution in [0.4, 0.5) is 0 Å². The molecule has 0 aliphatic heterocycles. The Labute approximate surface area is 97.0 Å². The number of nitrogens with two attached hydrogens (primary N) is 1. The van der Waals surface area contributed by atoms with Gasteiger partial charge in [0.25, 0.3) is 0 Å². The van der Waals surface area contributed by atoms with Crippen LogP contribution in [0.1, 0.15) is 24.0 Å². The van der Waals surface area contributed by atoms with Crippen molar-refractivity contribution in [2.24, 2.45) is 5.73 Å². The highest BCUT2D eigenvalue weighted by Crippen LogP contribution is 2.06. The second-order valence-corrected chi connectivity index (χ2v) is 3.98. The van der Waals surface area contributed by atoms with E-state index in [0.29, 0.717) is 19.5 Å². The van der Waals surface area contributed by atoms with E-state index in [2.05, 4.69) is 30.4 Å². The predicted octanol–water partition coefficient (Wildman–Crippen LogP) is 1.39. The molecule has 1 rings (SSSR count). The van der Waals surface area contributed by atoms with E-state index in [4.69, 9.17) is 5.73 Å². The lowest BCUT2D eigenvalue weighted by molar-refractivity contribution is -0.121. The molecule has 0 atom stereocenters. The van der Waals surface area contributed by atoms with Gasteiger partial charge >= 0.3 is 0 Å². The number of amides is 1. The SMILES string of the molecule is Cc1cccc(CCC(=O)NCCCN)c1. The van der Waals surface area contributed by atoms with Gasteiger partial charge in [0.05, 0.1) is 0 Å². The summed E-state index contributed by atoms with van der Waals surface area (Å²) in [5, 5.41) is 2.85. The van der Waals surface area contributed by atoms with Crippen molar-refractivity contribution in [3.05, 3.63) is 35.4 Å². The minimum atomic E-state index is 0.106. The number of hydrogen-bond donors (Lipinski definition) is 2. The Morgan fingerprint density at radius 2 is 2.25 bits per heavy atom. The lowest BCUT2D eigenvalue weighted by Crippen LogP contribution is -2.26. The highest BCUT2D eigenvalue weighted by molar-refractivity contribution is 5.76. The average molecular weight is 220 g/mol. The van der Waals surface area contributed by atoms with Crippen molar-refractivity contribution >= 4 is 5.91 Å². The van der Waals surface area contributed by atoms with Gasteiger partial charge in [-0.3, -0.25) is 4.79 Å². The summed E-state index contributed by atoms with van der Waals surface area (Å²) in [5.74, 6) is 0.106. The smallest absolute Gasteiger partial charge is 0.220 e. The molecule has 16 heavy (non-hydrogen) atoms. The molecule has 0 bridgehead atoms. The van der Waals surface area contributed by atoms with Crippen LogP contribution in [0.3, 0.4) is 0 Å². The number of benzene rings is 1. The molecule has 0 saturated carbocycles. The first kappa shape index (κ1) is 12.7. The van der Waals surface area contributed by atoms with E-state index in [-0.39, 0.29) is 5.91 Å². The fraction of sp³-hybridized carbons (Fsp3) is 0.462. The van der Waals surface area contributed by atoms with Gasteiger partial charge in [0.15, 0.2) is 0 Å². The number of aryl methyl sites for hydroxylation is 2. The maximum absolute atomic E-state index is 11.4. The normalized spacial score (nSPS) is 10.1. The molecule has 1 amide bonds. The molecule has 0 aliphatic rings. The Balaban J connectivity index is 2.26. The van der Waals surface area contributed by atoms with E-state index in [0.717, 1.165) is 12.8 Å². The van der Waals surface area contributed by atoms with Crippen LogP contribution in [0.15, 0.2) is 24.3 Å². The molecule has 0 aliphatic carbocycles. The quantitative estimate of drug-likeness (QED) is 0.712. The Hall–Kier alpha value is -1.35. The highest BCUT2D eigenvalue weighted by Gasteiger charge is 2.01. The molecule has 0 radical (unpaired) electrons. The number of hydrogen-bond acceptors (Lipinski definition) is 2. The molecule has 0 aromatic heterocycles. The van der Waals surface area contributed by atoms with Crippen LogP contribution in [0.2, 0.25) is 0 Å². The monoisotopic (exact) mass is 220 g/mol. The first-order valence-electron chi connectivity index (χ1n) is 5.74. The van der Waals surface area contributed by atoms with Gasteiger partial charge in [-0.05, 0) is 31.9 Å². The summed E-state index contributed by atoms with van der Waals surface area (Å²) in [5.41, 5.74) is 7.80. The lowest BCUT2D eigenvalue weighted by atomic mass is 10.1. The van der Waals surface area contributed by atoms with Crippen LogP contribution in [-0.4, -0.2) is 19.0 Å². The van der Waals surface area contributed by atoms with Gasteiger partial charge in [-0.1, -0.05) is 29.8 Å². The Morgan fingerprint density at radius 1 is 1.44 bits per heavy atom. The maximum atomic E-state index is 11.4. The first-order valence-corrected chi connectivity index (χ1v) is 5.74. The molecule has 88 valence electrons. The van der Waals surface area contributed by atoms with Gasteiger partial charge in [-0.15, -0.1) is 0 Å². The number of carbonyl (C=O) groups excluding carboxylic acids is 1. The summed E-state index contributed by atoms with van der Waals surface area (Å²) >= 11 is 0. The predicted molar refractivity (Wildman–Crippen MR) is 66.2 cm³/mol. The van der Waals surface area contributed by atoms with Crippen molar-refractivity contribution in [1.29, 1.82) is 0 Å². The summed E-state index contributed by atoms with van der Waals surface area (Å²) in [6.45, 7) is 3.37. The van der Waals surface area contributed by atoms with Gasteiger partial charge in [0.1, 0.15) is 0 Å². The molecular weight excluding hydrogens is 200 g/mol. The number of nitrogens with one attached hydrogen (secondary N) is 1. The van der Waals surface area contributed by atoms with Crippen LogP contribution in [0.5, 0.6) is 0 Å². The molecule has 0 fully saturated rings. The number of rotatable bonds is 6. The molecule has 3 heteroatoms. The van der Waals surface area contributed by atoms with Crippen LogP contribution in [-0.2, 0) is 11.2 Å². The zero-order valence-corrected chi connectivity index (χ0v) is 9.83. The Kier molecular flexibility index (Phi) is 5.57. The van der Waals surface area contributed by atoms with Crippen molar-refractivity contribution in [2.45, 2.75) is 26.2 Å². The summed E-state index contributed by atoms with van der Waals surface area (Å²) in [6.07, 6.45) is 2.19. The summed E-state index contributed by atoms with van der Waals surface area (Å²) < 4.78 is 0. The van der Waals surface area contributed by atoms with Crippen molar-refractivity contribution < 1.29 is 4.79 Å². The molecule has 1 aromatic carbocycles. The second-order valence-electron chi connectivity index (χ2n) is 3.98. The van der Waals surface area contributed by atoms with E-state index in [9.17, 15) is 4.79 Å². The third kappa shape index (κ3) is 4.94. The van der Waals surface area contributed by atoms with Gasteiger partial charge in [0.2, 0.25) is 5.91 Å². The van der Waals surface area contributed by atoms with Crippen LogP contribution in [0.25, 0.3) is 0 Å². The van der Waals surface area contributed by atoms with Crippen LogP contribution >= 0.6 is 0 Å². The lowest BCUT2D eigenvalue weighted by Gasteiger charge is -2.04. The largest absolute Gasteiger partial charge is 0.356 e. The standard InChI is InChI=1S/C13H20N2O/c1-11-4-2-5-12(10-11)6-7-13(16)15-9-3-8-14/h2,4-5,10H,3,6-9,14H2,1H3,(H,15,16). The summed E-state index contributed by atoms with van der Waals surface area (Å²) in [7, 11) is 0. The van der Waals surface area contributed by atoms with Gasteiger partial charge in [0, 0.05) is 13.0 Å². The molecule has 0 saturated heterocycles. The first-order chi connectivity index (χ1) is 7.72. The third-order valence-corrected chi connectivity index (χ3v) is 2.43. The Morgan fingerprint density at radius 3 is 2.94 bits per heavy atom. The van der Waals surface area contributed by atoms with Crippen LogP contribution in [0, 0.1) is 6.92 Å². The Bertz CT molecular complexity index is 336. The van der Waals surface area contributed by atoms with Crippen molar-refractivity contribution in [3.63, 3.8) is 0 Å².